The molecule has 5 heteroatoms. The molecule has 2 aromatic rings. The smallest absolute Gasteiger partial charge is 0.173 e. The van der Waals surface area contributed by atoms with Gasteiger partial charge in [-0.15, -0.1) is 0 Å². The minimum Gasteiger partial charge on any atom is -0.457 e. The topological polar surface area (TPSA) is 41.6 Å². The summed E-state index contributed by atoms with van der Waals surface area (Å²) in [7, 11) is 1.93. The maximum Gasteiger partial charge on any atom is 0.173 e. The maximum atomic E-state index is 12.6. The van der Waals surface area contributed by atoms with Gasteiger partial charge in [0.1, 0.15) is 11.5 Å². The van der Waals surface area contributed by atoms with Crippen LogP contribution >= 0.6 is 12.2 Å². The van der Waals surface area contributed by atoms with Crippen molar-refractivity contribution in [2.24, 2.45) is 0 Å². The number of Topliss-reactive ketones (excluding diaryl/α,β-unsaturated/α-hetero) is 1. The predicted octanol–water partition coefficient (Wildman–Crippen LogP) is 4.35. The molecule has 0 bridgehead atoms. The lowest BCUT2D eigenvalue weighted by Gasteiger charge is -2.39. The van der Waals surface area contributed by atoms with Crippen molar-refractivity contribution < 1.29 is 9.53 Å². The van der Waals surface area contributed by atoms with Crippen molar-refractivity contribution in [2.75, 3.05) is 7.05 Å². The number of benzene rings is 2. The number of ether oxygens (including phenoxy) is 1. The fourth-order valence-corrected chi connectivity index (χ4v) is 3.80. The summed E-state index contributed by atoms with van der Waals surface area (Å²) in [5.74, 6) is 1.73. The SMILES string of the molecule is CN1C(=S)NC(c2cccc(Oc3ccccc3)c2)C2=C1CCCC2=O. The van der Waals surface area contributed by atoms with Crippen LogP contribution in [-0.4, -0.2) is 22.8 Å². The number of ketones is 1. The van der Waals surface area contributed by atoms with E-state index >= 15 is 0 Å². The Labute approximate surface area is 158 Å². The van der Waals surface area contributed by atoms with Crippen LogP contribution in [0.25, 0.3) is 0 Å². The second kappa shape index (κ2) is 6.92. The van der Waals surface area contributed by atoms with Crippen molar-refractivity contribution in [3.63, 3.8) is 0 Å². The summed E-state index contributed by atoms with van der Waals surface area (Å²) in [6.45, 7) is 0. The lowest BCUT2D eigenvalue weighted by molar-refractivity contribution is -0.116. The number of carbonyl (C=O) groups excluding carboxylic acids is 1. The maximum absolute atomic E-state index is 12.6. The van der Waals surface area contributed by atoms with Crippen LogP contribution in [0, 0.1) is 0 Å². The van der Waals surface area contributed by atoms with E-state index in [0.29, 0.717) is 11.5 Å². The fourth-order valence-electron chi connectivity index (χ4n) is 3.57. The minimum absolute atomic E-state index is 0.201. The van der Waals surface area contributed by atoms with E-state index in [1.54, 1.807) is 0 Å². The molecular formula is C21H20N2O2S. The van der Waals surface area contributed by atoms with E-state index in [9.17, 15) is 4.79 Å². The number of carbonyl (C=O) groups is 1. The number of nitrogens with zero attached hydrogens (tertiary/aromatic N) is 1. The molecule has 4 rings (SSSR count). The first-order chi connectivity index (χ1) is 12.6. The van der Waals surface area contributed by atoms with Gasteiger partial charge in [-0.2, -0.15) is 0 Å². The van der Waals surface area contributed by atoms with Crippen LogP contribution in [0.15, 0.2) is 65.9 Å². The Morgan fingerprint density at radius 1 is 1.08 bits per heavy atom. The highest BCUT2D eigenvalue weighted by Gasteiger charge is 2.35. The molecule has 1 aliphatic carbocycles. The van der Waals surface area contributed by atoms with Gasteiger partial charge in [0.25, 0.3) is 0 Å². The Bertz CT molecular complexity index is 892. The Morgan fingerprint density at radius 3 is 2.65 bits per heavy atom. The quantitative estimate of drug-likeness (QED) is 0.820. The normalized spacial score (nSPS) is 19.9. The second-order valence-electron chi connectivity index (χ2n) is 6.57. The molecule has 0 fully saturated rings. The van der Waals surface area contributed by atoms with Crippen LogP contribution in [0.4, 0.5) is 0 Å². The monoisotopic (exact) mass is 364 g/mol. The number of hydrogen-bond acceptors (Lipinski definition) is 3. The van der Waals surface area contributed by atoms with E-state index in [2.05, 4.69) is 5.32 Å². The molecule has 0 radical (unpaired) electrons. The average molecular weight is 364 g/mol. The predicted molar refractivity (Wildman–Crippen MR) is 105 cm³/mol. The van der Waals surface area contributed by atoms with E-state index in [4.69, 9.17) is 17.0 Å². The van der Waals surface area contributed by atoms with Crippen LogP contribution < -0.4 is 10.1 Å². The van der Waals surface area contributed by atoms with Gasteiger partial charge in [0.15, 0.2) is 10.9 Å². The molecule has 4 nitrogen and oxygen atoms in total. The zero-order valence-electron chi connectivity index (χ0n) is 14.6. The number of para-hydroxylation sites is 1. The molecule has 132 valence electrons. The van der Waals surface area contributed by atoms with E-state index < -0.39 is 0 Å². The molecule has 0 spiro atoms. The van der Waals surface area contributed by atoms with E-state index in [0.717, 1.165) is 41.2 Å². The van der Waals surface area contributed by atoms with Gasteiger partial charge >= 0.3 is 0 Å². The Morgan fingerprint density at radius 2 is 1.85 bits per heavy atom. The third kappa shape index (κ3) is 3.10. The van der Waals surface area contributed by atoms with Crippen molar-refractivity contribution in [3.8, 4) is 11.5 Å². The highest BCUT2D eigenvalue weighted by atomic mass is 32.1. The van der Waals surface area contributed by atoms with Gasteiger partial charge in [-0.1, -0.05) is 30.3 Å². The molecule has 1 atom stereocenters. The molecule has 1 unspecified atom stereocenters. The summed E-state index contributed by atoms with van der Waals surface area (Å²) in [6.07, 6.45) is 2.36. The summed E-state index contributed by atoms with van der Waals surface area (Å²) >= 11 is 5.49. The largest absolute Gasteiger partial charge is 0.457 e. The van der Waals surface area contributed by atoms with Crippen molar-refractivity contribution in [2.45, 2.75) is 25.3 Å². The van der Waals surface area contributed by atoms with Crippen molar-refractivity contribution in [3.05, 3.63) is 71.4 Å². The number of nitrogens with one attached hydrogen (secondary N) is 1. The summed E-state index contributed by atoms with van der Waals surface area (Å²) in [5.41, 5.74) is 2.87. The molecule has 1 N–H and O–H groups in total. The van der Waals surface area contributed by atoms with Crippen molar-refractivity contribution >= 4 is 23.1 Å². The average Bonchev–Trinajstić information content (AvgIpc) is 2.66. The first-order valence-electron chi connectivity index (χ1n) is 8.77. The second-order valence-corrected chi connectivity index (χ2v) is 6.95. The van der Waals surface area contributed by atoms with Crippen LogP contribution in [0.1, 0.15) is 30.9 Å². The lowest BCUT2D eigenvalue weighted by atomic mass is 9.85. The molecule has 2 aliphatic rings. The zero-order valence-corrected chi connectivity index (χ0v) is 15.4. The van der Waals surface area contributed by atoms with E-state index in [-0.39, 0.29) is 11.8 Å². The van der Waals surface area contributed by atoms with Gasteiger partial charge < -0.3 is 15.0 Å². The van der Waals surface area contributed by atoms with Gasteiger partial charge in [-0.05, 0) is 54.9 Å². The molecule has 1 aliphatic heterocycles. The number of allylic oxidation sites excluding steroid dienone is 1. The lowest BCUT2D eigenvalue weighted by Crippen LogP contribution is -2.47. The summed E-state index contributed by atoms with van der Waals surface area (Å²) < 4.78 is 5.95. The van der Waals surface area contributed by atoms with Gasteiger partial charge in [-0.3, -0.25) is 4.79 Å². The minimum atomic E-state index is -0.221. The Balaban J connectivity index is 1.70. The van der Waals surface area contributed by atoms with Crippen LogP contribution in [0.3, 0.4) is 0 Å². The van der Waals surface area contributed by atoms with Gasteiger partial charge in [0, 0.05) is 24.7 Å². The molecule has 26 heavy (non-hydrogen) atoms. The highest BCUT2D eigenvalue weighted by Crippen LogP contribution is 2.37. The van der Waals surface area contributed by atoms with E-state index in [1.165, 1.54) is 0 Å². The first kappa shape index (κ1) is 16.8. The fraction of sp³-hybridized carbons (Fsp3) is 0.238. The van der Waals surface area contributed by atoms with Crippen LogP contribution in [0.2, 0.25) is 0 Å². The van der Waals surface area contributed by atoms with Crippen LogP contribution in [-0.2, 0) is 4.79 Å². The first-order valence-corrected chi connectivity index (χ1v) is 9.17. The standard InChI is InChI=1S/C21H20N2O2S/c1-23-17-11-6-12-18(24)19(17)20(22-21(23)26)14-7-5-10-16(13-14)25-15-8-3-2-4-9-15/h2-5,7-10,13,20H,6,11-12H2,1H3,(H,22,26). The number of thiocarbonyl (C=S) groups is 1. The summed E-state index contributed by atoms with van der Waals surface area (Å²) in [6, 6.07) is 17.3. The van der Waals surface area contributed by atoms with Crippen molar-refractivity contribution in [1.29, 1.82) is 0 Å². The Kier molecular flexibility index (Phi) is 4.47. The highest BCUT2D eigenvalue weighted by molar-refractivity contribution is 7.80. The summed E-state index contributed by atoms with van der Waals surface area (Å²) in [4.78, 5) is 14.6. The molecule has 2 aromatic carbocycles. The summed E-state index contributed by atoms with van der Waals surface area (Å²) in [5, 5.41) is 3.98. The zero-order chi connectivity index (χ0) is 18.1. The van der Waals surface area contributed by atoms with Gasteiger partial charge in [-0.25, -0.2) is 0 Å². The Hall–Kier alpha value is -2.66. The van der Waals surface area contributed by atoms with Gasteiger partial charge in [0.05, 0.1) is 6.04 Å². The van der Waals surface area contributed by atoms with Crippen LogP contribution in [0.5, 0.6) is 11.5 Å². The molecule has 0 aromatic heterocycles. The molecule has 0 saturated heterocycles. The third-order valence-corrected chi connectivity index (χ3v) is 5.26. The molecule has 0 saturated carbocycles. The van der Waals surface area contributed by atoms with E-state index in [1.807, 2.05) is 66.5 Å². The van der Waals surface area contributed by atoms with Crippen molar-refractivity contribution in [1.82, 2.24) is 10.2 Å². The number of hydrogen-bond donors (Lipinski definition) is 1. The molecule has 1 heterocycles. The molecule has 0 amide bonds. The third-order valence-electron chi connectivity index (χ3n) is 4.87. The van der Waals surface area contributed by atoms with Gasteiger partial charge in [0.2, 0.25) is 0 Å². The molecular weight excluding hydrogens is 344 g/mol. The number of rotatable bonds is 3.